The second kappa shape index (κ2) is 28.9. The molecule has 2 aromatic rings. The lowest BCUT2D eigenvalue weighted by Gasteiger charge is -2.40. The second-order valence-corrected chi connectivity index (χ2v) is 20.2. The molecule has 402 valence electrons. The number of hydrogen-bond acceptors (Lipinski definition) is 10. The van der Waals surface area contributed by atoms with E-state index >= 15 is 0 Å². The van der Waals surface area contributed by atoms with E-state index in [9.17, 15) is 33.6 Å². The molecule has 1 fully saturated rings. The lowest BCUT2D eigenvalue weighted by atomic mass is 9.89. The molecule has 0 aliphatic carbocycles. The predicted octanol–water partition coefficient (Wildman–Crippen LogP) is 4.88. The summed E-state index contributed by atoms with van der Waals surface area (Å²) in [5.41, 5.74) is 2.19. The summed E-state index contributed by atoms with van der Waals surface area (Å²) >= 11 is 0. The van der Waals surface area contributed by atoms with Crippen LogP contribution >= 0.6 is 0 Å². The molecule has 8 atom stereocenters. The van der Waals surface area contributed by atoms with Crippen LogP contribution in [-0.2, 0) is 56.0 Å². The predicted molar refractivity (Wildman–Crippen MR) is 283 cm³/mol. The molecule has 73 heavy (non-hydrogen) atoms. The highest BCUT2D eigenvalue weighted by atomic mass is 16.5. The van der Waals surface area contributed by atoms with Crippen molar-refractivity contribution in [3.05, 3.63) is 77.9 Å². The zero-order valence-electron chi connectivity index (χ0n) is 45.4. The van der Waals surface area contributed by atoms with Crippen molar-refractivity contribution in [3.8, 4) is 0 Å². The highest BCUT2D eigenvalue weighted by Crippen LogP contribution is 2.30. The Labute approximate surface area is 433 Å². The van der Waals surface area contributed by atoms with Gasteiger partial charge in [-0.3, -0.25) is 38.5 Å². The minimum Gasteiger partial charge on any atom is -0.379 e. The van der Waals surface area contributed by atoms with Crippen LogP contribution in [0.3, 0.4) is 0 Å². The summed E-state index contributed by atoms with van der Waals surface area (Å²) in [5.74, 6) is -2.07. The lowest BCUT2D eigenvalue weighted by molar-refractivity contribution is -0.146. The molecule has 0 aromatic heterocycles. The van der Waals surface area contributed by atoms with Crippen LogP contribution in [0.15, 0.2) is 71.7 Å². The Bertz CT molecular complexity index is 2190. The number of anilines is 1. The normalized spacial score (nSPS) is 17.3. The Kier molecular flexibility index (Phi) is 23.6. The molecule has 0 unspecified atom stereocenters. The van der Waals surface area contributed by atoms with E-state index in [1.807, 2.05) is 82.2 Å². The molecule has 0 radical (unpaired) electrons. The average Bonchev–Trinajstić information content (AvgIpc) is 3.98. The SMILES string of the molecule is CC[C@H](C)[C@@H]([C@@H](CC(=O)N1CCC[C@H]1[C@H](OC)[C@@H](C)C(=O)N[C@H](Cc1ccccc1)C(=O)Nc1ccc(CNC(=O)CCCCCN2C(=O)C=CC2=O)cc1)OC)N(C)C(=O)[C@@H](N=C(N(C)C)N(C)C)C(C)C. The van der Waals surface area contributed by atoms with E-state index in [4.69, 9.17) is 14.5 Å². The third-order valence-corrected chi connectivity index (χ3v) is 14.0. The molecule has 1 saturated heterocycles. The molecule has 18 heteroatoms. The maximum Gasteiger partial charge on any atom is 0.253 e. The fourth-order valence-corrected chi connectivity index (χ4v) is 9.73. The first-order valence-electron chi connectivity index (χ1n) is 25.8. The number of nitrogens with one attached hydrogen (secondary N) is 3. The molecule has 0 spiro atoms. The van der Waals surface area contributed by atoms with Crippen LogP contribution in [0.1, 0.15) is 97.1 Å². The van der Waals surface area contributed by atoms with E-state index < -0.39 is 54.1 Å². The van der Waals surface area contributed by atoms with E-state index in [1.165, 1.54) is 24.2 Å². The standard InChI is InChI=1S/C55H83N9O9/c1-13-37(4)50(62(10)54(71)49(36(2)3)59-55(60(6)7)61(8)9)44(72-11)34-48(68)63-32-20-23-43(63)51(73-12)38(5)52(69)58-42(33-39-21-16-14-17-22-39)53(70)57-41-27-25-40(26-28-41)35-56-45(65)24-18-15-19-31-64-46(66)29-30-47(64)67/h14,16-17,21-22,25-30,36-38,42-44,49-51H,13,15,18-20,23-24,31-35H2,1-12H3,(H,56,65)(H,57,70)(H,58,69)/t37-,38+,42+,43-,44+,49-,50-,51+/m0/s1. The van der Waals surface area contributed by atoms with Crippen LogP contribution in [0.2, 0.25) is 0 Å². The Balaban J connectivity index is 1.40. The molecule has 3 N–H and O–H groups in total. The van der Waals surface area contributed by atoms with Crippen molar-refractivity contribution in [3.63, 3.8) is 0 Å². The third-order valence-electron chi connectivity index (χ3n) is 14.0. The van der Waals surface area contributed by atoms with Crippen molar-refractivity contribution in [1.29, 1.82) is 0 Å². The number of ether oxygens (including phenoxy) is 2. The van der Waals surface area contributed by atoms with Gasteiger partial charge in [-0.1, -0.05) is 89.9 Å². The number of unbranched alkanes of at least 4 members (excludes halogenated alkanes) is 2. The monoisotopic (exact) mass is 1010 g/mol. The van der Waals surface area contributed by atoms with Gasteiger partial charge < -0.3 is 45.0 Å². The van der Waals surface area contributed by atoms with Gasteiger partial charge in [0, 0.05) is 99.8 Å². The summed E-state index contributed by atoms with van der Waals surface area (Å²) in [6.45, 7) is 10.9. The lowest BCUT2D eigenvalue weighted by Crippen LogP contribution is -2.55. The Morgan fingerprint density at radius 3 is 2.03 bits per heavy atom. The summed E-state index contributed by atoms with van der Waals surface area (Å²) in [7, 11) is 12.5. The van der Waals surface area contributed by atoms with Gasteiger partial charge in [0.15, 0.2) is 5.96 Å². The van der Waals surface area contributed by atoms with Crippen LogP contribution in [0.25, 0.3) is 0 Å². The Morgan fingerprint density at radius 2 is 1.45 bits per heavy atom. The fourth-order valence-electron chi connectivity index (χ4n) is 9.73. The zero-order chi connectivity index (χ0) is 53.9. The number of rotatable bonds is 27. The first-order valence-corrected chi connectivity index (χ1v) is 25.8. The Hall–Kier alpha value is -6.14. The maximum absolute atomic E-state index is 14.5. The quantitative estimate of drug-likeness (QED) is 0.0477. The second-order valence-electron chi connectivity index (χ2n) is 20.2. The van der Waals surface area contributed by atoms with Crippen molar-refractivity contribution in [2.24, 2.45) is 22.7 Å². The first-order chi connectivity index (χ1) is 34.7. The summed E-state index contributed by atoms with van der Waals surface area (Å²) in [5, 5.41) is 8.87. The molecule has 2 aliphatic rings. The molecule has 7 amide bonds. The highest BCUT2D eigenvalue weighted by Gasteiger charge is 2.43. The number of carbonyl (C=O) groups excluding carboxylic acids is 7. The van der Waals surface area contributed by atoms with Gasteiger partial charge in [0.2, 0.25) is 29.5 Å². The largest absolute Gasteiger partial charge is 0.379 e. The molecule has 2 aliphatic heterocycles. The van der Waals surface area contributed by atoms with Gasteiger partial charge in [0.05, 0.1) is 36.6 Å². The summed E-state index contributed by atoms with van der Waals surface area (Å²) in [6, 6.07) is 14.0. The van der Waals surface area contributed by atoms with E-state index in [0.29, 0.717) is 69.8 Å². The first kappa shape index (κ1) is 59.4. The molecule has 2 heterocycles. The van der Waals surface area contributed by atoms with Gasteiger partial charge >= 0.3 is 0 Å². The molecular weight excluding hydrogens is 931 g/mol. The van der Waals surface area contributed by atoms with Crippen molar-refractivity contribution < 1.29 is 43.0 Å². The molecule has 0 saturated carbocycles. The topological polar surface area (TPSA) is 203 Å². The van der Waals surface area contributed by atoms with Gasteiger partial charge in [-0.25, -0.2) is 4.99 Å². The van der Waals surface area contributed by atoms with Gasteiger partial charge in [-0.15, -0.1) is 0 Å². The van der Waals surface area contributed by atoms with Crippen LogP contribution in [0.4, 0.5) is 5.69 Å². The number of methoxy groups -OCH3 is 2. The van der Waals surface area contributed by atoms with Gasteiger partial charge in [-0.05, 0) is 60.8 Å². The van der Waals surface area contributed by atoms with Gasteiger partial charge in [-0.2, -0.15) is 0 Å². The fraction of sp³-hybridized carbons (Fsp3) is 0.600. The van der Waals surface area contributed by atoms with Crippen molar-refractivity contribution in [2.45, 2.75) is 135 Å². The summed E-state index contributed by atoms with van der Waals surface area (Å²) in [6.07, 6.45) is 5.74. The average molecular weight is 1010 g/mol. The van der Waals surface area contributed by atoms with Crippen molar-refractivity contribution in [2.75, 3.05) is 67.9 Å². The van der Waals surface area contributed by atoms with E-state index in [-0.39, 0.29) is 54.2 Å². The molecule has 18 nitrogen and oxygen atoms in total. The number of hydrogen-bond donors (Lipinski definition) is 3. The van der Waals surface area contributed by atoms with E-state index in [2.05, 4.69) is 29.8 Å². The van der Waals surface area contributed by atoms with Gasteiger partial charge in [0.1, 0.15) is 12.1 Å². The molecule has 4 rings (SSSR count). The van der Waals surface area contributed by atoms with Crippen molar-refractivity contribution >= 4 is 53.0 Å². The number of benzene rings is 2. The third kappa shape index (κ3) is 17.0. The minimum atomic E-state index is -0.957. The number of likely N-dealkylation sites (N-methyl/N-ethyl adjacent to an activating group) is 1. The summed E-state index contributed by atoms with van der Waals surface area (Å²) in [4.78, 5) is 107. The highest BCUT2D eigenvalue weighted by molar-refractivity contribution is 6.12. The number of amides is 7. The maximum atomic E-state index is 14.5. The minimum absolute atomic E-state index is 0.0104. The number of aliphatic imine (C=N–C) groups is 1. The van der Waals surface area contributed by atoms with Crippen LogP contribution in [0, 0.1) is 17.8 Å². The number of nitrogens with zero attached hydrogens (tertiary/aromatic N) is 6. The van der Waals surface area contributed by atoms with E-state index in [0.717, 1.165) is 17.5 Å². The Morgan fingerprint density at radius 1 is 0.808 bits per heavy atom. The summed E-state index contributed by atoms with van der Waals surface area (Å²) < 4.78 is 12.2. The smallest absolute Gasteiger partial charge is 0.253 e. The van der Waals surface area contributed by atoms with E-state index in [1.54, 1.807) is 55.1 Å². The number of imide groups is 1. The number of guanidine groups is 1. The van der Waals surface area contributed by atoms with Crippen LogP contribution < -0.4 is 16.0 Å². The van der Waals surface area contributed by atoms with Crippen molar-refractivity contribution in [1.82, 2.24) is 35.1 Å². The number of likely N-dealkylation sites (tertiary alicyclic amines) is 1. The van der Waals surface area contributed by atoms with Crippen LogP contribution in [-0.4, -0.2) is 171 Å². The number of carbonyl (C=O) groups is 7. The zero-order valence-corrected chi connectivity index (χ0v) is 45.4. The van der Waals surface area contributed by atoms with Gasteiger partial charge in [0.25, 0.3) is 11.8 Å². The van der Waals surface area contributed by atoms with Crippen LogP contribution in [0.5, 0.6) is 0 Å². The molecule has 2 aromatic carbocycles. The molecule has 0 bridgehead atoms. The molecular formula is C55H83N9O9.